The zero-order valence-electron chi connectivity index (χ0n) is 14.7. The molecule has 134 valence electrons. The number of ether oxygens (including phenoxy) is 1. The van der Waals surface area contributed by atoms with Gasteiger partial charge in [0.05, 0.1) is 6.61 Å². The van der Waals surface area contributed by atoms with Gasteiger partial charge in [0.1, 0.15) is 0 Å². The van der Waals surface area contributed by atoms with Gasteiger partial charge in [0.25, 0.3) is 0 Å². The van der Waals surface area contributed by atoms with Gasteiger partial charge in [0.15, 0.2) is 17.6 Å². The molecule has 2 atom stereocenters. The van der Waals surface area contributed by atoms with Crippen molar-refractivity contribution in [2.75, 3.05) is 39.9 Å². The van der Waals surface area contributed by atoms with Crippen LogP contribution < -0.4 is 5.32 Å². The van der Waals surface area contributed by atoms with Crippen LogP contribution in [0.2, 0.25) is 0 Å². The van der Waals surface area contributed by atoms with Crippen molar-refractivity contribution in [2.24, 2.45) is 10.9 Å². The van der Waals surface area contributed by atoms with Crippen LogP contribution in [0, 0.1) is 17.6 Å². The fourth-order valence-corrected chi connectivity index (χ4v) is 2.96. The van der Waals surface area contributed by atoms with Crippen molar-refractivity contribution < 1.29 is 13.5 Å². The highest BCUT2D eigenvalue weighted by Gasteiger charge is 2.25. The Kier molecular flexibility index (Phi) is 6.97. The molecule has 1 fully saturated rings. The molecule has 0 bridgehead atoms. The van der Waals surface area contributed by atoms with E-state index in [4.69, 9.17) is 4.74 Å². The number of halogens is 2. The lowest BCUT2D eigenvalue weighted by Crippen LogP contribution is -2.41. The summed E-state index contributed by atoms with van der Waals surface area (Å²) in [4.78, 5) is 6.56. The predicted octanol–water partition coefficient (Wildman–Crippen LogP) is 3.00. The monoisotopic (exact) mass is 339 g/mol. The van der Waals surface area contributed by atoms with Crippen molar-refractivity contribution in [3.63, 3.8) is 0 Å². The summed E-state index contributed by atoms with van der Waals surface area (Å²) in [6.45, 7) is 8.02. The highest BCUT2D eigenvalue weighted by atomic mass is 19.2. The van der Waals surface area contributed by atoms with Gasteiger partial charge in [-0.3, -0.25) is 4.99 Å². The second kappa shape index (κ2) is 8.97. The Hall–Kier alpha value is -1.69. The lowest BCUT2D eigenvalue weighted by Gasteiger charge is -2.23. The molecule has 0 saturated carbocycles. The molecule has 24 heavy (non-hydrogen) atoms. The lowest BCUT2D eigenvalue weighted by atomic mass is 10.0. The Bertz CT molecular complexity index is 565. The molecular weight excluding hydrogens is 312 g/mol. The Morgan fingerprint density at radius 2 is 2.21 bits per heavy atom. The molecule has 2 unspecified atom stereocenters. The lowest BCUT2D eigenvalue weighted by molar-refractivity contribution is 0.114. The zero-order chi connectivity index (χ0) is 17.5. The number of aliphatic imine (C=N–C) groups is 1. The van der Waals surface area contributed by atoms with E-state index in [1.54, 1.807) is 13.1 Å². The quantitative estimate of drug-likeness (QED) is 0.639. The van der Waals surface area contributed by atoms with Crippen LogP contribution >= 0.6 is 0 Å². The van der Waals surface area contributed by atoms with Crippen LogP contribution in [0.25, 0.3) is 0 Å². The second-order valence-electron chi connectivity index (χ2n) is 6.26. The summed E-state index contributed by atoms with van der Waals surface area (Å²) < 4.78 is 31.9. The minimum absolute atomic E-state index is 0.0543. The number of guanidine groups is 1. The van der Waals surface area contributed by atoms with Gasteiger partial charge in [-0.2, -0.15) is 0 Å². The van der Waals surface area contributed by atoms with Crippen LogP contribution in [-0.2, 0) is 4.74 Å². The van der Waals surface area contributed by atoms with E-state index in [2.05, 4.69) is 15.2 Å². The van der Waals surface area contributed by atoms with Crippen molar-refractivity contribution in [3.8, 4) is 0 Å². The standard InChI is InChI=1S/C18H27F2N3O/c1-4-24-12-14-7-8-23(11-14)18(21-3)22-10-13(2)15-5-6-16(19)17(20)9-15/h5-6,9,13-14H,4,7-8,10-12H2,1-3H3,(H,21,22). The summed E-state index contributed by atoms with van der Waals surface area (Å²) in [7, 11) is 1.76. The van der Waals surface area contributed by atoms with Crippen molar-refractivity contribution in [2.45, 2.75) is 26.2 Å². The largest absolute Gasteiger partial charge is 0.381 e. The van der Waals surface area contributed by atoms with E-state index >= 15 is 0 Å². The number of hydrogen-bond acceptors (Lipinski definition) is 2. The molecule has 1 aromatic rings. The first-order valence-electron chi connectivity index (χ1n) is 8.53. The molecule has 1 aliphatic rings. The fraction of sp³-hybridized carbons (Fsp3) is 0.611. The van der Waals surface area contributed by atoms with E-state index in [1.807, 2.05) is 13.8 Å². The topological polar surface area (TPSA) is 36.9 Å². The van der Waals surface area contributed by atoms with Gasteiger partial charge in [-0.05, 0) is 37.0 Å². The molecule has 0 radical (unpaired) electrons. The van der Waals surface area contributed by atoms with Crippen molar-refractivity contribution in [3.05, 3.63) is 35.4 Å². The summed E-state index contributed by atoms with van der Waals surface area (Å²) >= 11 is 0. The molecule has 0 spiro atoms. The van der Waals surface area contributed by atoms with Crippen LogP contribution in [0.1, 0.15) is 31.7 Å². The van der Waals surface area contributed by atoms with Gasteiger partial charge in [-0.15, -0.1) is 0 Å². The predicted molar refractivity (Wildman–Crippen MR) is 92.3 cm³/mol. The van der Waals surface area contributed by atoms with E-state index in [1.165, 1.54) is 12.1 Å². The fourth-order valence-electron chi connectivity index (χ4n) is 2.96. The molecule has 1 heterocycles. The highest BCUT2D eigenvalue weighted by Crippen LogP contribution is 2.19. The SMILES string of the molecule is CCOCC1CCN(C(=NC)NCC(C)c2ccc(F)c(F)c2)C1. The number of likely N-dealkylation sites (tertiary alicyclic amines) is 1. The number of nitrogens with one attached hydrogen (secondary N) is 1. The first kappa shape index (κ1) is 18.6. The molecule has 1 aliphatic heterocycles. The number of hydrogen-bond donors (Lipinski definition) is 1. The summed E-state index contributed by atoms with van der Waals surface area (Å²) in [5.41, 5.74) is 0.771. The summed E-state index contributed by atoms with van der Waals surface area (Å²) in [6.07, 6.45) is 1.10. The van der Waals surface area contributed by atoms with Gasteiger partial charge >= 0.3 is 0 Å². The van der Waals surface area contributed by atoms with Crippen LogP contribution in [-0.4, -0.2) is 50.8 Å². The summed E-state index contributed by atoms with van der Waals surface area (Å²) in [5, 5.41) is 3.34. The smallest absolute Gasteiger partial charge is 0.193 e. The number of nitrogens with zero attached hydrogens (tertiary/aromatic N) is 2. The molecule has 1 N–H and O–H groups in total. The molecule has 4 nitrogen and oxygen atoms in total. The van der Waals surface area contributed by atoms with Gasteiger partial charge in [-0.25, -0.2) is 8.78 Å². The van der Waals surface area contributed by atoms with E-state index in [0.717, 1.165) is 44.2 Å². The first-order chi connectivity index (χ1) is 11.5. The van der Waals surface area contributed by atoms with Crippen LogP contribution in [0.15, 0.2) is 23.2 Å². The van der Waals surface area contributed by atoms with E-state index < -0.39 is 11.6 Å². The molecule has 0 aromatic heterocycles. The Balaban J connectivity index is 1.86. The molecule has 0 amide bonds. The maximum absolute atomic E-state index is 13.4. The summed E-state index contributed by atoms with van der Waals surface area (Å²) in [5.74, 6) is -0.177. The molecule has 1 aromatic carbocycles. The van der Waals surface area contributed by atoms with E-state index in [9.17, 15) is 8.78 Å². The minimum Gasteiger partial charge on any atom is -0.381 e. The number of benzene rings is 1. The molecule has 1 saturated heterocycles. The maximum Gasteiger partial charge on any atom is 0.193 e. The van der Waals surface area contributed by atoms with E-state index in [0.29, 0.717) is 12.5 Å². The Morgan fingerprint density at radius 1 is 1.42 bits per heavy atom. The van der Waals surface area contributed by atoms with Crippen molar-refractivity contribution in [1.82, 2.24) is 10.2 Å². The minimum atomic E-state index is -0.813. The van der Waals surface area contributed by atoms with Crippen LogP contribution in [0.4, 0.5) is 8.78 Å². The molecule has 0 aliphatic carbocycles. The molecule has 6 heteroatoms. The Labute approximate surface area is 142 Å². The van der Waals surface area contributed by atoms with Gasteiger partial charge in [-0.1, -0.05) is 13.0 Å². The summed E-state index contributed by atoms with van der Waals surface area (Å²) in [6, 6.07) is 4.06. The third-order valence-electron chi connectivity index (χ3n) is 4.43. The van der Waals surface area contributed by atoms with E-state index in [-0.39, 0.29) is 5.92 Å². The van der Waals surface area contributed by atoms with Crippen molar-refractivity contribution in [1.29, 1.82) is 0 Å². The average molecular weight is 339 g/mol. The maximum atomic E-state index is 13.4. The third-order valence-corrected chi connectivity index (χ3v) is 4.43. The highest BCUT2D eigenvalue weighted by molar-refractivity contribution is 5.80. The first-order valence-corrected chi connectivity index (χ1v) is 8.53. The van der Waals surface area contributed by atoms with Crippen molar-refractivity contribution >= 4 is 5.96 Å². The molecular formula is C18H27F2N3O. The normalized spacial score (nSPS) is 19.6. The van der Waals surface area contributed by atoms with Crippen LogP contribution in [0.5, 0.6) is 0 Å². The third kappa shape index (κ3) is 4.90. The number of rotatable bonds is 6. The van der Waals surface area contributed by atoms with Gasteiger partial charge in [0, 0.05) is 39.2 Å². The van der Waals surface area contributed by atoms with Crippen LogP contribution in [0.3, 0.4) is 0 Å². The second-order valence-corrected chi connectivity index (χ2v) is 6.26. The van der Waals surface area contributed by atoms with Gasteiger partial charge in [0.2, 0.25) is 0 Å². The average Bonchev–Trinajstić information content (AvgIpc) is 3.04. The Morgan fingerprint density at radius 3 is 2.88 bits per heavy atom. The van der Waals surface area contributed by atoms with Gasteiger partial charge < -0.3 is 15.0 Å². The molecule has 2 rings (SSSR count). The zero-order valence-corrected chi connectivity index (χ0v) is 14.7.